The number of ether oxygens (including phenoxy) is 4. The highest BCUT2D eigenvalue weighted by atomic mass is 16.5. The lowest BCUT2D eigenvalue weighted by Crippen LogP contribution is -2.47. The highest BCUT2D eigenvalue weighted by molar-refractivity contribution is 5.59. The standard InChI is InChI=1S/C20H32N2O4/c1-14-9-15-10-18(24-3)20(26-5)19(25-4)17(15)12-21(11-14)22-8-6-7-16(22)13-23-2/h10,14,16H,6-9,11-13H2,1-5H3/t14?,16-/m0/s1. The monoisotopic (exact) mass is 364 g/mol. The van der Waals surface area contributed by atoms with Crippen LogP contribution in [0.5, 0.6) is 17.2 Å². The largest absolute Gasteiger partial charge is 0.493 e. The minimum Gasteiger partial charge on any atom is -0.493 e. The molecule has 2 aliphatic heterocycles. The van der Waals surface area contributed by atoms with Crippen molar-refractivity contribution >= 4 is 0 Å². The Bertz CT molecular complexity index is 622. The van der Waals surface area contributed by atoms with Gasteiger partial charge in [-0.1, -0.05) is 6.92 Å². The quantitative estimate of drug-likeness (QED) is 0.773. The van der Waals surface area contributed by atoms with Gasteiger partial charge in [0.05, 0.1) is 27.9 Å². The molecule has 0 aromatic heterocycles. The van der Waals surface area contributed by atoms with Gasteiger partial charge in [0, 0.05) is 38.3 Å². The first-order chi connectivity index (χ1) is 12.6. The molecule has 0 bridgehead atoms. The number of rotatable bonds is 6. The summed E-state index contributed by atoms with van der Waals surface area (Å²) in [6.45, 7) is 6.03. The maximum absolute atomic E-state index is 5.78. The first kappa shape index (κ1) is 19.3. The number of nitrogens with zero attached hydrogens (tertiary/aromatic N) is 2. The fourth-order valence-corrected chi connectivity index (χ4v) is 4.42. The van der Waals surface area contributed by atoms with E-state index in [9.17, 15) is 0 Å². The van der Waals surface area contributed by atoms with E-state index < -0.39 is 0 Å². The Morgan fingerprint density at radius 1 is 1.08 bits per heavy atom. The van der Waals surface area contributed by atoms with E-state index >= 15 is 0 Å². The molecular formula is C20H32N2O4. The van der Waals surface area contributed by atoms with E-state index in [4.69, 9.17) is 18.9 Å². The van der Waals surface area contributed by atoms with E-state index in [0.29, 0.717) is 17.7 Å². The minimum atomic E-state index is 0.458. The Labute approximate surface area is 156 Å². The molecule has 1 unspecified atom stereocenters. The fourth-order valence-electron chi connectivity index (χ4n) is 4.42. The lowest BCUT2D eigenvalue weighted by molar-refractivity contribution is -0.0685. The highest BCUT2D eigenvalue weighted by Crippen LogP contribution is 2.44. The van der Waals surface area contributed by atoms with Crippen LogP contribution in [0.3, 0.4) is 0 Å². The molecule has 26 heavy (non-hydrogen) atoms. The van der Waals surface area contributed by atoms with Gasteiger partial charge < -0.3 is 18.9 Å². The normalized spacial score (nSPS) is 24.2. The summed E-state index contributed by atoms with van der Waals surface area (Å²) < 4.78 is 22.4. The van der Waals surface area contributed by atoms with Crippen molar-refractivity contribution in [2.24, 2.45) is 5.92 Å². The summed E-state index contributed by atoms with van der Waals surface area (Å²) in [7, 11) is 6.84. The molecule has 2 aliphatic rings. The Hall–Kier alpha value is -1.50. The van der Waals surface area contributed by atoms with E-state index in [1.807, 2.05) is 0 Å². The molecule has 2 heterocycles. The fraction of sp³-hybridized carbons (Fsp3) is 0.700. The molecule has 6 nitrogen and oxygen atoms in total. The zero-order chi connectivity index (χ0) is 18.7. The van der Waals surface area contributed by atoms with Crippen LogP contribution in [-0.4, -0.2) is 64.2 Å². The number of fused-ring (bicyclic) bond motifs is 1. The summed E-state index contributed by atoms with van der Waals surface area (Å²) >= 11 is 0. The third kappa shape index (κ3) is 3.63. The molecule has 0 spiro atoms. The first-order valence-corrected chi connectivity index (χ1v) is 9.44. The van der Waals surface area contributed by atoms with Crippen LogP contribution in [0.1, 0.15) is 30.9 Å². The van der Waals surface area contributed by atoms with Crippen molar-refractivity contribution in [1.29, 1.82) is 0 Å². The van der Waals surface area contributed by atoms with Crippen molar-refractivity contribution in [2.75, 3.05) is 48.1 Å². The number of methoxy groups -OCH3 is 4. The summed E-state index contributed by atoms with van der Waals surface area (Å²) in [6, 6.07) is 2.58. The van der Waals surface area contributed by atoms with E-state index in [2.05, 4.69) is 23.0 Å². The van der Waals surface area contributed by atoms with Gasteiger partial charge in [0.25, 0.3) is 0 Å². The van der Waals surface area contributed by atoms with Crippen LogP contribution >= 0.6 is 0 Å². The molecule has 0 N–H and O–H groups in total. The van der Waals surface area contributed by atoms with Crippen LogP contribution in [0.4, 0.5) is 0 Å². The molecule has 0 radical (unpaired) electrons. The summed E-state index contributed by atoms with van der Waals surface area (Å²) in [4.78, 5) is 0. The maximum atomic E-state index is 5.78. The average molecular weight is 364 g/mol. The molecule has 6 heteroatoms. The summed E-state index contributed by atoms with van der Waals surface area (Å²) in [5, 5.41) is 4.99. The van der Waals surface area contributed by atoms with Gasteiger partial charge >= 0.3 is 0 Å². The molecule has 0 amide bonds. The van der Waals surface area contributed by atoms with Gasteiger partial charge in [-0.05, 0) is 36.8 Å². The second-order valence-corrected chi connectivity index (χ2v) is 7.35. The summed E-state index contributed by atoms with van der Waals surface area (Å²) in [5.41, 5.74) is 2.49. The van der Waals surface area contributed by atoms with Crippen LogP contribution in [-0.2, 0) is 17.7 Å². The molecule has 1 fully saturated rings. The molecule has 0 saturated carbocycles. The van der Waals surface area contributed by atoms with Crippen LogP contribution in [0, 0.1) is 5.92 Å². The number of hydrogen-bond acceptors (Lipinski definition) is 6. The van der Waals surface area contributed by atoms with Gasteiger partial charge in [-0.3, -0.25) is 0 Å². The van der Waals surface area contributed by atoms with Crippen molar-refractivity contribution in [3.63, 3.8) is 0 Å². The second-order valence-electron chi connectivity index (χ2n) is 7.35. The van der Waals surface area contributed by atoms with E-state index in [1.165, 1.54) is 24.0 Å². The molecule has 3 rings (SSSR count). The lowest BCUT2D eigenvalue weighted by Gasteiger charge is -2.36. The minimum absolute atomic E-state index is 0.458. The van der Waals surface area contributed by atoms with E-state index in [0.717, 1.165) is 44.2 Å². The van der Waals surface area contributed by atoms with Gasteiger partial charge in [-0.15, -0.1) is 0 Å². The number of benzene rings is 1. The van der Waals surface area contributed by atoms with Crippen LogP contribution in [0.25, 0.3) is 0 Å². The van der Waals surface area contributed by atoms with Crippen LogP contribution in [0.15, 0.2) is 6.07 Å². The average Bonchev–Trinajstić information content (AvgIpc) is 3.02. The SMILES string of the molecule is COC[C@@H]1CCCN1N1Cc2c(cc(OC)c(OC)c2OC)CC(C)C1. The van der Waals surface area contributed by atoms with Crippen molar-refractivity contribution in [2.45, 2.75) is 38.8 Å². The summed E-state index contributed by atoms with van der Waals surface area (Å²) in [5.74, 6) is 2.76. The van der Waals surface area contributed by atoms with E-state index in [1.54, 1.807) is 28.4 Å². The predicted molar refractivity (Wildman–Crippen MR) is 101 cm³/mol. The zero-order valence-corrected chi connectivity index (χ0v) is 16.7. The lowest BCUT2D eigenvalue weighted by atomic mass is 9.97. The topological polar surface area (TPSA) is 43.4 Å². The highest BCUT2D eigenvalue weighted by Gasteiger charge is 2.34. The Morgan fingerprint density at radius 2 is 1.85 bits per heavy atom. The van der Waals surface area contributed by atoms with Crippen molar-refractivity contribution in [3.05, 3.63) is 17.2 Å². The number of hydrogen-bond donors (Lipinski definition) is 0. The van der Waals surface area contributed by atoms with Crippen LogP contribution in [0.2, 0.25) is 0 Å². The Morgan fingerprint density at radius 3 is 2.50 bits per heavy atom. The molecule has 146 valence electrons. The summed E-state index contributed by atoms with van der Waals surface area (Å²) in [6.07, 6.45) is 3.41. The van der Waals surface area contributed by atoms with Crippen molar-refractivity contribution in [3.8, 4) is 17.2 Å². The predicted octanol–water partition coefficient (Wildman–Crippen LogP) is 2.73. The molecular weight excluding hydrogens is 332 g/mol. The maximum Gasteiger partial charge on any atom is 0.203 e. The molecule has 1 aromatic carbocycles. The van der Waals surface area contributed by atoms with Gasteiger partial charge in [-0.2, -0.15) is 0 Å². The Kier molecular flexibility index (Phi) is 6.27. The van der Waals surface area contributed by atoms with Crippen molar-refractivity contribution < 1.29 is 18.9 Å². The van der Waals surface area contributed by atoms with Gasteiger partial charge in [0.2, 0.25) is 5.75 Å². The second kappa shape index (κ2) is 8.46. The van der Waals surface area contributed by atoms with Crippen molar-refractivity contribution in [1.82, 2.24) is 10.0 Å². The molecule has 1 saturated heterocycles. The molecule has 1 aromatic rings. The molecule has 0 aliphatic carbocycles. The van der Waals surface area contributed by atoms with Gasteiger partial charge in [-0.25, -0.2) is 10.0 Å². The van der Waals surface area contributed by atoms with Gasteiger partial charge in [0.1, 0.15) is 0 Å². The number of hydrazine groups is 1. The third-order valence-electron chi connectivity index (χ3n) is 5.53. The van der Waals surface area contributed by atoms with E-state index in [-0.39, 0.29) is 0 Å². The Balaban J connectivity index is 1.99. The smallest absolute Gasteiger partial charge is 0.203 e. The van der Waals surface area contributed by atoms with Gasteiger partial charge in [0.15, 0.2) is 11.5 Å². The first-order valence-electron chi connectivity index (χ1n) is 9.44. The van der Waals surface area contributed by atoms with Crippen LogP contribution < -0.4 is 14.2 Å². The molecule has 2 atom stereocenters. The third-order valence-corrected chi connectivity index (χ3v) is 5.53. The zero-order valence-electron chi connectivity index (χ0n) is 16.7.